The van der Waals surface area contributed by atoms with E-state index in [4.69, 9.17) is 4.42 Å². The smallest absolute Gasteiger partial charge is 0.288 e. The van der Waals surface area contributed by atoms with E-state index in [9.17, 15) is 4.79 Å². The van der Waals surface area contributed by atoms with Crippen molar-refractivity contribution in [1.82, 2.24) is 10.4 Å². The number of aryl methyl sites for hydroxylation is 1. The van der Waals surface area contributed by atoms with Crippen molar-refractivity contribution in [1.29, 1.82) is 0 Å². The Bertz CT molecular complexity index is 1410. The quantitative estimate of drug-likeness (QED) is 0.264. The number of nitrogens with one attached hydrogen (secondary N) is 2. The maximum Gasteiger partial charge on any atom is 0.288 e. The third-order valence-corrected chi connectivity index (χ3v) is 5.32. The first-order chi connectivity index (χ1) is 15.7. The van der Waals surface area contributed by atoms with Crippen LogP contribution >= 0.6 is 0 Å². The molecule has 5 rings (SSSR count). The molecular formula is C27H21N3O2. The van der Waals surface area contributed by atoms with Gasteiger partial charge < -0.3 is 9.40 Å². The van der Waals surface area contributed by atoms with E-state index in [-0.39, 0.29) is 5.91 Å². The number of hydrogen-bond donors (Lipinski definition) is 2. The summed E-state index contributed by atoms with van der Waals surface area (Å²) in [5, 5.41) is 5.09. The Labute approximate surface area is 185 Å². The minimum Gasteiger partial charge on any atom is -0.455 e. The monoisotopic (exact) mass is 419 g/mol. The highest BCUT2D eigenvalue weighted by atomic mass is 16.3. The number of benzene rings is 3. The first-order valence-corrected chi connectivity index (χ1v) is 10.4. The number of fused-ring (bicyclic) bond motifs is 1. The van der Waals surface area contributed by atoms with Crippen molar-refractivity contribution in [2.45, 2.75) is 6.92 Å². The van der Waals surface area contributed by atoms with Gasteiger partial charge in [0.1, 0.15) is 17.2 Å². The zero-order valence-electron chi connectivity index (χ0n) is 17.5. The molecule has 2 heterocycles. The van der Waals surface area contributed by atoms with Gasteiger partial charge in [0, 0.05) is 22.0 Å². The van der Waals surface area contributed by atoms with Crippen LogP contribution in [0.2, 0.25) is 0 Å². The Balaban J connectivity index is 1.38. The van der Waals surface area contributed by atoms with Crippen LogP contribution in [0.15, 0.2) is 101 Å². The standard InChI is InChI=1S/C27H21N3O2/c1-18-11-13-19(14-12-18)24-16-15-21(32-24)17-28-30-27(31)26-25(20-7-3-2-4-8-20)22-9-5-6-10-23(22)29-26/h2-17,29H,1H3,(H,30,31). The number of para-hydroxylation sites is 1. The van der Waals surface area contributed by atoms with E-state index in [1.807, 2.05) is 97.9 Å². The Kier molecular flexibility index (Phi) is 5.14. The first kappa shape index (κ1) is 19.6. The maximum atomic E-state index is 13.0. The summed E-state index contributed by atoms with van der Waals surface area (Å²) in [6.45, 7) is 2.04. The van der Waals surface area contributed by atoms with Crippen LogP contribution in [0, 0.1) is 6.92 Å². The lowest BCUT2D eigenvalue weighted by Crippen LogP contribution is -2.18. The molecule has 156 valence electrons. The van der Waals surface area contributed by atoms with E-state index in [1.54, 1.807) is 0 Å². The van der Waals surface area contributed by atoms with Gasteiger partial charge in [0.05, 0.1) is 6.21 Å². The normalized spacial score (nSPS) is 11.3. The highest BCUT2D eigenvalue weighted by Crippen LogP contribution is 2.32. The number of amides is 1. The Morgan fingerprint density at radius 2 is 1.62 bits per heavy atom. The van der Waals surface area contributed by atoms with Crippen molar-refractivity contribution >= 4 is 23.0 Å². The molecule has 0 saturated heterocycles. The summed E-state index contributed by atoms with van der Waals surface area (Å²) in [4.78, 5) is 16.2. The van der Waals surface area contributed by atoms with Crippen molar-refractivity contribution in [3.63, 3.8) is 0 Å². The van der Waals surface area contributed by atoms with Gasteiger partial charge in [-0.05, 0) is 30.7 Å². The molecule has 5 heteroatoms. The van der Waals surface area contributed by atoms with Crippen molar-refractivity contribution in [2.24, 2.45) is 5.10 Å². The number of carbonyl (C=O) groups excluding carboxylic acids is 1. The molecule has 3 aromatic carbocycles. The SMILES string of the molecule is Cc1ccc(-c2ccc(C=NNC(=O)c3[nH]c4ccccc4c3-c3ccccc3)o2)cc1. The van der Waals surface area contributed by atoms with E-state index in [2.05, 4.69) is 15.5 Å². The second-order valence-electron chi connectivity index (χ2n) is 7.55. The van der Waals surface area contributed by atoms with Crippen LogP contribution in [0.3, 0.4) is 0 Å². The molecule has 0 bridgehead atoms. The fraction of sp³-hybridized carbons (Fsp3) is 0.0370. The lowest BCUT2D eigenvalue weighted by atomic mass is 10.0. The number of aromatic amines is 1. The average Bonchev–Trinajstić information content (AvgIpc) is 3.45. The van der Waals surface area contributed by atoms with Gasteiger partial charge in [-0.25, -0.2) is 5.43 Å². The first-order valence-electron chi connectivity index (χ1n) is 10.4. The molecular weight excluding hydrogens is 398 g/mol. The summed E-state index contributed by atoms with van der Waals surface area (Å²) >= 11 is 0. The van der Waals surface area contributed by atoms with Gasteiger partial charge in [-0.1, -0.05) is 78.4 Å². The largest absolute Gasteiger partial charge is 0.455 e. The van der Waals surface area contributed by atoms with E-state index in [0.717, 1.165) is 33.4 Å². The molecule has 0 saturated carbocycles. The van der Waals surface area contributed by atoms with Gasteiger partial charge in [-0.15, -0.1) is 0 Å². The topological polar surface area (TPSA) is 70.4 Å². The summed E-state index contributed by atoms with van der Waals surface area (Å²) in [7, 11) is 0. The lowest BCUT2D eigenvalue weighted by Gasteiger charge is -2.04. The number of aromatic nitrogens is 1. The molecule has 0 unspecified atom stereocenters. The zero-order valence-corrected chi connectivity index (χ0v) is 17.5. The number of hydrazone groups is 1. The van der Waals surface area contributed by atoms with Gasteiger partial charge in [-0.2, -0.15) is 5.10 Å². The second-order valence-corrected chi connectivity index (χ2v) is 7.55. The van der Waals surface area contributed by atoms with Crippen LogP contribution in [-0.4, -0.2) is 17.1 Å². The van der Waals surface area contributed by atoms with Crippen molar-refractivity contribution in [3.05, 3.63) is 108 Å². The van der Waals surface area contributed by atoms with E-state index in [0.29, 0.717) is 11.5 Å². The van der Waals surface area contributed by atoms with Crippen LogP contribution < -0.4 is 5.43 Å². The van der Waals surface area contributed by atoms with Gasteiger partial charge in [0.2, 0.25) is 0 Å². The number of hydrogen-bond acceptors (Lipinski definition) is 3. The third-order valence-electron chi connectivity index (χ3n) is 5.32. The van der Waals surface area contributed by atoms with Crippen LogP contribution in [-0.2, 0) is 0 Å². The molecule has 0 fully saturated rings. The van der Waals surface area contributed by atoms with Crippen molar-refractivity contribution in [3.8, 4) is 22.5 Å². The highest BCUT2D eigenvalue weighted by molar-refractivity contribution is 6.09. The fourth-order valence-corrected chi connectivity index (χ4v) is 3.72. The van der Waals surface area contributed by atoms with Crippen molar-refractivity contribution in [2.75, 3.05) is 0 Å². The summed E-state index contributed by atoms with van der Waals surface area (Å²) in [5.41, 5.74) is 7.98. The zero-order chi connectivity index (χ0) is 21.9. The van der Waals surface area contributed by atoms with Crippen molar-refractivity contribution < 1.29 is 9.21 Å². The lowest BCUT2D eigenvalue weighted by molar-refractivity contribution is 0.0951. The predicted molar refractivity (Wildman–Crippen MR) is 128 cm³/mol. The molecule has 0 aliphatic heterocycles. The Morgan fingerprint density at radius 3 is 2.44 bits per heavy atom. The molecule has 5 nitrogen and oxygen atoms in total. The van der Waals surface area contributed by atoms with E-state index < -0.39 is 0 Å². The molecule has 32 heavy (non-hydrogen) atoms. The minimum atomic E-state index is -0.318. The van der Waals surface area contributed by atoms with Gasteiger partial charge >= 0.3 is 0 Å². The molecule has 5 aromatic rings. The summed E-state index contributed by atoms with van der Waals surface area (Å²) < 4.78 is 5.83. The van der Waals surface area contributed by atoms with Crippen LogP contribution in [0.25, 0.3) is 33.4 Å². The van der Waals surface area contributed by atoms with Gasteiger partial charge in [0.25, 0.3) is 5.91 Å². The third kappa shape index (κ3) is 3.84. The van der Waals surface area contributed by atoms with Crippen LogP contribution in [0.1, 0.15) is 21.8 Å². The predicted octanol–water partition coefficient (Wildman–Crippen LogP) is 6.17. The number of H-pyrrole nitrogens is 1. The number of rotatable bonds is 5. The number of carbonyl (C=O) groups is 1. The maximum absolute atomic E-state index is 13.0. The minimum absolute atomic E-state index is 0.318. The second kappa shape index (κ2) is 8.40. The van der Waals surface area contributed by atoms with Crippen LogP contribution in [0.5, 0.6) is 0 Å². The van der Waals surface area contributed by atoms with E-state index in [1.165, 1.54) is 11.8 Å². The highest BCUT2D eigenvalue weighted by Gasteiger charge is 2.18. The summed E-state index contributed by atoms with van der Waals surface area (Å²) in [6.07, 6.45) is 1.50. The fourth-order valence-electron chi connectivity index (χ4n) is 3.72. The summed E-state index contributed by atoms with van der Waals surface area (Å²) in [5.74, 6) is 0.988. The molecule has 1 amide bonds. The number of nitrogens with zero attached hydrogens (tertiary/aromatic N) is 1. The molecule has 2 aromatic heterocycles. The molecule has 0 radical (unpaired) electrons. The molecule has 0 spiro atoms. The Hall–Kier alpha value is -4.38. The average molecular weight is 419 g/mol. The van der Waals surface area contributed by atoms with E-state index >= 15 is 0 Å². The van der Waals surface area contributed by atoms with Gasteiger partial charge in [-0.3, -0.25) is 4.79 Å². The van der Waals surface area contributed by atoms with Gasteiger partial charge in [0.15, 0.2) is 0 Å². The molecule has 0 aliphatic rings. The summed E-state index contributed by atoms with van der Waals surface area (Å²) in [6, 6.07) is 29.5. The molecule has 0 atom stereocenters. The number of furan rings is 1. The molecule has 0 aliphatic carbocycles. The molecule has 2 N–H and O–H groups in total. The van der Waals surface area contributed by atoms with Crippen LogP contribution in [0.4, 0.5) is 0 Å². The Morgan fingerprint density at radius 1 is 0.875 bits per heavy atom.